The van der Waals surface area contributed by atoms with Crippen molar-refractivity contribution >= 4 is 12.0 Å². The first-order chi connectivity index (χ1) is 18.2. The molecular weight excluding hydrogens is 470 g/mol. The van der Waals surface area contributed by atoms with Crippen molar-refractivity contribution in [3.63, 3.8) is 0 Å². The van der Waals surface area contributed by atoms with Gasteiger partial charge in [0.25, 0.3) is 0 Å². The molecule has 0 bridgehead atoms. The molecule has 8 heteroatoms. The third kappa shape index (κ3) is 6.30. The number of nitrogens with one attached hydrogen (secondary N) is 1. The summed E-state index contributed by atoms with van der Waals surface area (Å²) in [5.74, 6) is 0.0779. The van der Waals surface area contributed by atoms with Gasteiger partial charge in [-0.05, 0) is 35.2 Å². The highest BCUT2D eigenvalue weighted by Gasteiger charge is 2.33. The molecule has 2 heterocycles. The number of aromatic nitrogens is 1. The van der Waals surface area contributed by atoms with Crippen molar-refractivity contribution in [2.75, 3.05) is 6.61 Å². The predicted molar refractivity (Wildman–Crippen MR) is 136 cm³/mol. The normalized spacial score (nSPS) is 15.1. The van der Waals surface area contributed by atoms with Crippen LogP contribution in [0.2, 0.25) is 0 Å². The van der Waals surface area contributed by atoms with Crippen LogP contribution in [0.1, 0.15) is 22.4 Å². The van der Waals surface area contributed by atoms with Crippen molar-refractivity contribution in [2.45, 2.75) is 32.0 Å². The fourth-order valence-electron chi connectivity index (χ4n) is 4.20. The van der Waals surface area contributed by atoms with E-state index in [1.165, 1.54) is 0 Å². The number of ether oxygens (including phenoxy) is 1. The van der Waals surface area contributed by atoms with E-state index < -0.39 is 18.0 Å². The molecule has 37 heavy (non-hydrogen) atoms. The van der Waals surface area contributed by atoms with Crippen LogP contribution in [0.5, 0.6) is 0 Å². The van der Waals surface area contributed by atoms with Crippen molar-refractivity contribution in [3.05, 3.63) is 114 Å². The summed E-state index contributed by atoms with van der Waals surface area (Å²) >= 11 is 0. The standard InChI is InChI=1S/C29H27N3O5/c33-27(31-29(34)36-19-21-9-3-1-4-10-21)26-17-23-13-7-8-14-24(23)18-32(26)37-16-15-25-20-35-28(30-25)22-11-5-2-6-12-22/h1-14,20,26H,15-19H2,(H,31,33,34). The summed E-state index contributed by atoms with van der Waals surface area (Å²) in [5, 5.41) is 3.99. The first kappa shape index (κ1) is 24.4. The maximum absolute atomic E-state index is 13.1. The van der Waals surface area contributed by atoms with Gasteiger partial charge in [-0.2, -0.15) is 5.06 Å². The molecule has 3 aromatic carbocycles. The number of benzene rings is 3. The Morgan fingerprint density at radius 1 is 0.946 bits per heavy atom. The highest BCUT2D eigenvalue weighted by atomic mass is 16.7. The van der Waals surface area contributed by atoms with Gasteiger partial charge in [0.1, 0.15) is 18.9 Å². The molecule has 2 amide bonds. The van der Waals surface area contributed by atoms with Crippen LogP contribution in [0, 0.1) is 0 Å². The minimum Gasteiger partial charge on any atom is -0.444 e. The van der Waals surface area contributed by atoms with Crippen molar-refractivity contribution < 1.29 is 23.6 Å². The molecule has 0 aliphatic carbocycles. The molecule has 8 nitrogen and oxygen atoms in total. The Bertz CT molecular complexity index is 1340. The first-order valence-corrected chi connectivity index (χ1v) is 12.1. The van der Waals surface area contributed by atoms with E-state index in [1.54, 1.807) is 11.3 Å². The summed E-state index contributed by atoms with van der Waals surface area (Å²) in [7, 11) is 0. The number of alkyl carbamates (subject to hydrolysis) is 1. The van der Waals surface area contributed by atoms with Gasteiger partial charge >= 0.3 is 6.09 Å². The van der Waals surface area contributed by atoms with Crippen LogP contribution >= 0.6 is 0 Å². The molecule has 1 N–H and O–H groups in total. The minimum absolute atomic E-state index is 0.0797. The number of hydroxylamine groups is 2. The third-order valence-corrected chi connectivity index (χ3v) is 6.13. The fraction of sp³-hybridized carbons (Fsp3) is 0.207. The molecule has 1 aliphatic rings. The number of fused-ring (bicyclic) bond motifs is 1. The molecule has 4 aromatic rings. The lowest BCUT2D eigenvalue weighted by Gasteiger charge is -2.34. The monoisotopic (exact) mass is 497 g/mol. The van der Waals surface area contributed by atoms with Crippen LogP contribution in [-0.2, 0) is 40.4 Å². The van der Waals surface area contributed by atoms with Crippen LogP contribution < -0.4 is 5.32 Å². The van der Waals surface area contributed by atoms with Crippen LogP contribution in [0.4, 0.5) is 4.79 Å². The van der Waals surface area contributed by atoms with E-state index in [2.05, 4.69) is 10.3 Å². The Balaban J connectivity index is 1.20. The molecule has 5 rings (SSSR count). The molecule has 0 saturated heterocycles. The van der Waals surface area contributed by atoms with Crippen LogP contribution in [-0.4, -0.2) is 34.7 Å². The third-order valence-electron chi connectivity index (χ3n) is 6.13. The van der Waals surface area contributed by atoms with Gasteiger partial charge in [-0.3, -0.25) is 14.9 Å². The largest absolute Gasteiger partial charge is 0.444 e. The van der Waals surface area contributed by atoms with E-state index >= 15 is 0 Å². The van der Waals surface area contributed by atoms with Gasteiger partial charge in [-0.1, -0.05) is 72.8 Å². The maximum Gasteiger partial charge on any atom is 0.414 e. The van der Waals surface area contributed by atoms with Crippen LogP contribution in [0.25, 0.3) is 11.5 Å². The summed E-state index contributed by atoms with van der Waals surface area (Å²) in [6, 6.07) is 26.2. The molecule has 1 unspecified atom stereocenters. The van der Waals surface area contributed by atoms with Crippen molar-refractivity contribution in [2.24, 2.45) is 0 Å². The Morgan fingerprint density at radius 2 is 1.65 bits per heavy atom. The Kier molecular flexibility index (Phi) is 7.69. The zero-order valence-corrected chi connectivity index (χ0v) is 20.2. The lowest BCUT2D eigenvalue weighted by molar-refractivity contribution is -0.199. The SMILES string of the molecule is O=C(NC(=O)C1Cc2ccccc2CN1OCCc1coc(-c2ccccc2)n1)OCc1ccccc1. The van der Waals surface area contributed by atoms with Crippen molar-refractivity contribution in [1.29, 1.82) is 0 Å². The Hall–Kier alpha value is -4.27. The van der Waals surface area contributed by atoms with Crippen LogP contribution in [0.3, 0.4) is 0 Å². The number of nitrogens with zero attached hydrogens (tertiary/aromatic N) is 2. The van der Waals surface area contributed by atoms with Gasteiger partial charge < -0.3 is 9.15 Å². The van der Waals surface area contributed by atoms with Gasteiger partial charge in [-0.15, -0.1) is 0 Å². The van der Waals surface area contributed by atoms with E-state index in [0.29, 0.717) is 31.9 Å². The number of oxazole rings is 1. The first-order valence-electron chi connectivity index (χ1n) is 12.1. The predicted octanol–water partition coefficient (Wildman–Crippen LogP) is 4.70. The van der Waals surface area contributed by atoms with Gasteiger partial charge in [-0.25, -0.2) is 9.78 Å². The molecule has 1 aromatic heterocycles. The molecule has 0 radical (unpaired) electrons. The van der Waals surface area contributed by atoms with Crippen molar-refractivity contribution in [1.82, 2.24) is 15.4 Å². The maximum atomic E-state index is 13.1. The summed E-state index contributed by atoms with van der Waals surface area (Å²) in [4.78, 5) is 36.0. The number of imide groups is 1. The zero-order chi connectivity index (χ0) is 25.5. The average molecular weight is 498 g/mol. The number of hydrogen-bond donors (Lipinski definition) is 1. The Morgan fingerprint density at radius 3 is 2.43 bits per heavy atom. The summed E-state index contributed by atoms with van der Waals surface area (Å²) in [6.07, 6.45) is 1.74. The summed E-state index contributed by atoms with van der Waals surface area (Å²) in [5.41, 5.74) is 4.61. The van der Waals surface area contributed by atoms with Gasteiger partial charge in [0.05, 0.1) is 18.8 Å². The smallest absolute Gasteiger partial charge is 0.414 e. The minimum atomic E-state index is -0.788. The fourth-order valence-corrected chi connectivity index (χ4v) is 4.20. The molecule has 1 aliphatic heterocycles. The highest BCUT2D eigenvalue weighted by Crippen LogP contribution is 2.24. The molecule has 188 valence electrons. The number of rotatable bonds is 8. The van der Waals surface area contributed by atoms with E-state index in [0.717, 1.165) is 27.9 Å². The van der Waals surface area contributed by atoms with E-state index in [4.69, 9.17) is 14.0 Å². The highest BCUT2D eigenvalue weighted by molar-refractivity contribution is 5.95. The topological polar surface area (TPSA) is 93.9 Å². The Labute approximate surface area is 214 Å². The second kappa shape index (κ2) is 11.6. The lowest BCUT2D eigenvalue weighted by atomic mass is 9.95. The quantitative estimate of drug-likeness (QED) is 0.377. The average Bonchev–Trinajstić information content (AvgIpc) is 3.41. The second-order valence-corrected chi connectivity index (χ2v) is 8.71. The van der Waals surface area contributed by atoms with E-state index in [9.17, 15) is 9.59 Å². The van der Waals surface area contributed by atoms with Gasteiger partial charge in [0.15, 0.2) is 0 Å². The van der Waals surface area contributed by atoms with Crippen LogP contribution in [0.15, 0.2) is 95.6 Å². The number of amides is 2. The van der Waals surface area contributed by atoms with E-state index in [1.807, 2.05) is 84.9 Å². The van der Waals surface area contributed by atoms with E-state index in [-0.39, 0.29) is 6.61 Å². The number of hydrogen-bond acceptors (Lipinski definition) is 7. The lowest BCUT2D eigenvalue weighted by Crippen LogP contribution is -2.51. The zero-order valence-electron chi connectivity index (χ0n) is 20.2. The number of carbonyl (C=O) groups is 2. The number of carbonyl (C=O) groups excluding carboxylic acids is 2. The molecule has 1 atom stereocenters. The van der Waals surface area contributed by atoms with Gasteiger partial charge in [0.2, 0.25) is 11.8 Å². The summed E-state index contributed by atoms with van der Waals surface area (Å²) < 4.78 is 10.8. The molecule has 0 saturated carbocycles. The molecule has 0 spiro atoms. The second-order valence-electron chi connectivity index (χ2n) is 8.71. The van der Waals surface area contributed by atoms with Gasteiger partial charge in [0, 0.05) is 12.0 Å². The molecular formula is C29H27N3O5. The van der Waals surface area contributed by atoms with Crippen molar-refractivity contribution in [3.8, 4) is 11.5 Å². The summed E-state index contributed by atoms with van der Waals surface area (Å²) in [6.45, 7) is 0.795. The molecule has 0 fully saturated rings.